The van der Waals surface area contributed by atoms with Crippen LogP contribution >= 0.6 is 0 Å². The summed E-state index contributed by atoms with van der Waals surface area (Å²) in [6.45, 7) is 6.12. The van der Waals surface area contributed by atoms with Crippen LogP contribution in [0.5, 0.6) is 0 Å². The maximum Gasteiger partial charge on any atom is 0.225 e. The summed E-state index contributed by atoms with van der Waals surface area (Å²) in [6.07, 6.45) is 6.72. The van der Waals surface area contributed by atoms with Gasteiger partial charge in [0, 0.05) is 37.8 Å². The molecule has 2 aromatic heterocycles. The van der Waals surface area contributed by atoms with Gasteiger partial charge in [0.25, 0.3) is 0 Å². The number of nitrogens with zero attached hydrogens (tertiary/aromatic N) is 4. The summed E-state index contributed by atoms with van der Waals surface area (Å²) in [4.78, 5) is 11.8. The predicted molar refractivity (Wildman–Crippen MR) is 88.6 cm³/mol. The molecule has 4 heterocycles. The van der Waals surface area contributed by atoms with Crippen molar-refractivity contribution in [2.45, 2.75) is 38.5 Å². The molecule has 0 radical (unpaired) electrons. The lowest BCUT2D eigenvalue weighted by Crippen LogP contribution is -2.30. The molecule has 1 atom stereocenters. The van der Waals surface area contributed by atoms with Crippen molar-refractivity contribution in [1.82, 2.24) is 20.4 Å². The maximum absolute atomic E-state index is 5.48. The lowest BCUT2D eigenvalue weighted by atomic mass is 9.92. The summed E-state index contributed by atoms with van der Waals surface area (Å²) in [5.74, 6) is 2.05. The lowest BCUT2D eigenvalue weighted by molar-refractivity contribution is 0.423. The maximum atomic E-state index is 5.48. The second-order valence-electron chi connectivity index (χ2n) is 6.54. The number of anilines is 1. The minimum atomic E-state index is 0.411. The van der Waals surface area contributed by atoms with E-state index in [4.69, 9.17) is 9.51 Å². The van der Waals surface area contributed by atoms with Gasteiger partial charge in [-0.25, -0.2) is 9.97 Å². The summed E-state index contributed by atoms with van der Waals surface area (Å²) in [7, 11) is 0. The Morgan fingerprint density at radius 1 is 1.26 bits per heavy atom. The second kappa shape index (κ2) is 6.28. The van der Waals surface area contributed by atoms with Gasteiger partial charge in [-0.15, -0.1) is 0 Å². The smallest absolute Gasteiger partial charge is 0.225 e. The van der Waals surface area contributed by atoms with E-state index in [9.17, 15) is 0 Å². The Balaban J connectivity index is 1.74. The first kappa shape index (κ1) is 14.6. The number of piperidine rings is 1. The van der Waals surface area contributed by atoms with E-state index >= 15 is 0 Å². The molecule has 2 saturated heterocycles. The molecule has 2 aliphatic rings. The molecule has 4 rings (SSSR count). The largest absolute Gasteiger partial charge is 0.356 e. The molecule has 2 aromatic rings. The van der Waals surface area contributed by atoms with Crippen LogP contribution in [0.1, 0.15) is 43.0 Å². The molecular weight excluding hydrogens is 290 g/mol. The fraction of sp³-hybridized carbons (Fsp3) is 0.588. The number of aromatic nitrogens is 3. The predicted octanol–water partition coefficient (Wildman–Crippen LogP) is 2.51. The fourth-order valence-electron chi connectivity index (χ4n) is 3.53. The Kier molecular flexibility index (Phi) is 3.99. The van der Waals surface area contributed by atoms with Gasteiger partial charge in [-0.05, 0) is 39.2 Å². The van der Waals surface area contributed by atoms with Gasteiger partial charge in [0.2, 0.25) is 5.95 Å². The van der Waals surface area contributed by atoms with E-state index in [2.05, 4.69) is 20.4 Å². The zero-order valence-electron chi connectivity index (χ0n) is 13.6. The standard InChI is InChI=1S/C17H23N5O/c1-12-9-15(23-21-12)14-11-19-17(22-7-2-3-8-22)20-16(14)13-5-4-6-18-10-13/h9,11,13,18H,2-8,10H2,1H3/t13-/m0/s1. The molecule has 2 aliphatic heterocycles. The summed E-state index contributed by atoms with van der Waals surface area (Å²) < 4.78 is 5.48. The van der Waals surface area contributed by atoms with Gasteiger partial charge >= 0.3 is 0 Å². The van der Waals surface area contributed by atoms with Gasteiger partial charge in [0.15, 0.2) is 5.76 Å². The van der Waals surface area contributed by atoms with Gasteiger partial charge in [-0.2, -0.15) is 0 Å². The number of hydrogen-bond donors (Lipinski definition) is 1. The molecular formula is C17H23N5O. The molecule has 1 N–H and O–H groups in total. The fourth-order valence-corrected chi connectivity index (χ4v) is 3.53. The van der Waals surface area contributed by atoms with Crippen molar-refractivity contribution in [3.05, 3.63) is 23.7 Å². The summed E-state index contributed by atoms with van der Waals surface area (Å²) in [5.41, 5.74) is 2.98. The zero-order chi connectivity index (χ0) is 15.6. The highest BCUT2D eigenvalue weighted by atomic mass is 16.5. The number of aryl methyl sites for hydroxylation is 1. The molecule has 2 fully saturated rings. The van der Waals surface area contributed by atoms with Crippen molar-refractivity contribution in [2.75, 3.05) is 31.1 Å². The molecule has 0 bridgehead atoms. The van der Waals surface area contributed by atoms with Crippen LogP contribution in [0.4, 0.5) is 5.95 Å². The van der Waals surface area contributed by atoms with Crippen LogP contribution in [0, 0.1) is 6.92 Å². The molecule has 0 spiro atoms. The van der Waals surface area contributed by atoms with E-state index in [1.165, 1.54) is 19.3 Å². The second-order valence-corrected chi connectivity index (χ2v) is 6.54. The van der Waals surface area contributed by atoms with Crippen LogP contribution < -0.4 is 10.2 Å². The average molecular weight is 313 g/mol. The van der Waals surface area contributed by atoms with Gasteiger partial charge in [0.1, 0.15) is 0 Å². The molecule has 6 heteroatoms. The lowest BCUT2D eigenvalue weighted by Gasteiger charge is -2.25. The van der Waals surface area contributed by atoms with Gasteiger partial charge in [0.05, 0.1) is 17.0 Å². The van der Waals surface area contributed by atoms with Gasteiger partial charge in [-0.1, -0.05) is 5.16 Å². The van der Waals surface area contributed by atoms with E-state index in [0.29, 0.717) is 5.92 Å². The van der Waals surface area contributed by atoms with Crippen LogP contribution in [0.15, 0.2) is 16.8 Å². The third kappa shape index (κ3) is 2.95. The quantitative estimate of drug-likeness (QED) is 0.939. The summed E-state index contributed by atoms with van der Waals surface area (Å²) in [5, 5.41) is 7.51. The summed E-state index contributed by atoms with van der Waals surface area (Å²) >= 11 is 0. The van der Waals surface area contributed by atoms with Crippen LogP contribution in [0.25, 0.3) is 11.3 Å². The van der Waals surface area contributed by atoms with Crippen molar-refractivity contribution in [1.29, 1.82) is 0 Å². The Morgan fingerprint density at radius 3 is 2.83 bits per heavy atom. The van der Waals surface area contributed by atoms with Crippen LogP contribution in [0.3, 0.4) is 0 Å². The molecule has 0 unspecified atom stereocenters. The molecule has 0 aliphatic carbocycles. The first-order valence-corrected chi connectivity index (χ1v) is 8.57. The molecule has 6 nitrogen and oxygen atoms in total. The van der Waals surface area contributed by atoms with Crippen LogP contribution in [-0.2, 0) is 0 Å². The monoisotopic (exact) mass is 313 g/mol. The van der Waals surface area contributed by atoms with Crippen molar-refractivity contribution in [2.24, 2.45) is 0 Å². The Morgan fingerprint density at radius 2 is 2.13 bits per heavy atom. The SMILES string of the molecule is Cc1cc(-c2cnc(N3CCCC3)nc2[C@H]2CCCNC2)on1. The van der Waals surface area contributed by atoms with E-state index in [1.807, 2.05) is 19.2 Å². The average Bonchev–Trinajstić information content (AvgIpc) is 3.27. The van der Waals surface area contributed by atoms with Gasteiger partial charge in [-0.3, -0.25) is 0 Å². The van der Waals surface area contributed by atoms with Crippen molar-refractivity contribution >= 4 is 5.95 Å². The van der Waals surface area contributed by atoms with E-state index in [-0.39, 0.29) is 0 Å². The topological polar surface area (TPSA) is 67.1 Å². The molecule has 0 aromatic carbocycles. The highest BCUT2D eigenvalue weighted by Gasteiger charge is 2.25. The minimum absolute atomic E-state index is 0.411. The third-order valence-corrected chi connectivity index (χ3v) is 4.77. The van der Waals surface area contributed by atoms with Crippen molar-refractivity contribution in [3.63, 3.8) is 0 Å². The molecule has 122 valence electrons. The molecule has 0 saturated carbocycles. The van der Waals surface area contributed by atoms with E-state index < -0.39 is 0 Å². The Bertz CT molecular complexity index is 671. The van der Waals surface area contributed by atoms with E-state index in [1.54, 1.807) is 0 Å². The number of rotatable bonds is 3. The molecule has 23 heavy (non-hydrogen) atoms. The number of nitrogens with one attached hydrogen (secondary N) is 1. The minimum Gasteiger partial charge on any atom is -0.356 e. The van der Waals surface area contributed by atoms with Gasteiger partial charge < -0.3 is 14.7 Å². The number of hydrogen-bond acceptors (Lipinski definition) is 6. The highest BCUT2D eigenvalue weighted by Crippen LogP contribution is 2.33. The van der Waals surface area contributed by atoms with Crippen molar-refractivity contribution < 1.29 is 4.52 Å². The summed E-state index contributed by atoms with van der Waals surface area (Å²) in [6, 6.07) is 1.97. The first-order chi connectivity index (χ1) is 11.3. The Hall–Kier alpha value is -1.95. The first-order valence-electron chi connectivity index (χ1n) is 8.57. The normalized spacial score (nSPS) is 21.8. The highest BCUT2D eigenvalue weighted by molar-refractivity contribution is 5.61. The zero-order valence-corrected chi connectivity index (χ0v) is 13.6. The third-order valence-electron chi connectivity index (χ3n) is 4.77. The van der Waals surface area contributed by atoms with Crippen LogP contribution in [-0.4, -0.2) is 41.3 Å². The van der Waals surface area contributed by atoms with E-state index in [0.717, 1.165) is 61.3 Å². The molecule has 0 amide bonds. The Labute approximate surface area is 136 Å². The van der Waals surface area contributed by atoms with Crippen molar-refractivity contribution in [3.8, 4) is 11.3 Å². The van der Waals surface area contributed by atoms with Crippen LogP contribution in [0.2, 0.25) is 0 Å².